The van der Waals surface area contributed by atoms with E-state index in [1.54, 1.807) is 0 Å². The van der Waals surface area contributed by atoms with Crippen LogP contribution < -0.4 is 4.90 Å². The number of carbonyl (C=O) groups excluding carboxylic acids is 2. The number of aliphatic carboxylic acids is 1. The van der Waals surface area contributed by atoms with Crippen molar-refractivity contribution in [1.29, 1.82) is 0 Å². The lowest BCUT2D eigenvalue weighted by molar-refractivity contribution is -0.138. The van der Waals surface area contributed by atoms with Crippen LogP contribution >= 0.6 is 0 Å². The van der Waals surface area contributed by atoms with Gasteiger partial charge in [0.15, 0.2) is 0 Å². The zero-order chi connectivity index (χ0) is 13.6. The van der Waals surface area contributed by atoms with Crippen molar-refractivity contribution < 1.29 is 19.5 Å². The minimum absolute atomic E-state index is 0.0782. The number of hydrogen-bond acceptors (Lipinski definition) is 4. The molecular formula is C12H13N3O4. The monoisotopic (exact) mass is 263 g/mol. The van der Waals surface area contributed by atoms with Crippen LogP contribution in [0.25, 0.3) is 0 Å². The lowest BCUT2D eigenvalue weighted by Crippen LogP contribution is -2.46. The molecular weight excluding hydrogens is 250 g/mol. The van der Waals surface area contributed by atoms with Crippen LogP contribution in [0.1, 0.15) is 19.3 Å². The van der Waals surface area contributed by atoms with Crippen LogP contribution in [0.3, 0.4) is 0 Å². The van der Waals surface area contributed by atoms with E-state index in [4.69, 9.17) is 5.11 Å². The molecule has 2 fully saturated rings. The molecule has 1 aliphatic carbocycles. The van der Waals surface area contributed by atoms with Crippen molar-refractivity contribution in [2.75, 3.05) is 4.90 Å². The third kappa shape index (κ3) is 1.91. The number of aromatic nitrogens is 2. The molecule has 1 saturated carbocycles. The van der Waals surface area contributed by atoms with Crippen LogP contribution in [-0.4, -0.2) is 32.7 Å². The number of carbonyl (C=O) groups is 3. The number of amides is 2. The van der Waals surface area contributed by atoms with Gasteiger partial charge in [-0.2, -0.15) is 5.10 Å². The Hall–Kier alpha value is -2.18. The second-order valence-electron chi connectivity index (χ2n) is 5.01. The van der Waals surface area contributed by atoms with Crippen molar-refractivity contribution in [3.63, 3.8) is 0 Å². The van der Waals surface area contributed by atoms with E-state index in [2.05, 4.69) is 5.10 Å². The molecule has 1 saturated heterocycles. The van der Waals surface area contributed by atoms with E-state index in [-0.39, 0.29) is 30.2 Å². The average Bonchev–Trinajstić information content (AvgIpc) is 2.94. The lowest BCUT2D eigenvalue weighted by atomic mass is 9.97. The van der Waals surface area contributed by atoms with Crippen LogP contribution in [0.15, 0.2) is 12.4 Å². The number of piperidine rings is 1. The second-order valence-corrected chi connectivity index (χ2v) is 5.01. The number of rotatable bonds is 3. The second kappa shape index (κ2) is 4.18. The van der Waals surface area contributed by atoms with Gasteiger partial charge in [-0.1, -0.05) is 0 Å². The minimum atomic E-state index is -1.02. The number of carboxylic acid groups (broad SMARTS) is 1. The van der Waals surface area contributed by atoms with E-state index in [1.807, 2.05) is 0 Å². The number of carboxylic acids is 1. The number of nitrogens with zero attached hydrogens (tertiary/aromatic N) is 3. The van der Waals surface area contributed by atoms with E-state index in [0.717, 1.165) is 17.7 Å². The summed E-state index contributed by atoms with van der Waals surface area (Å²) in [7, 11) is 0. The topological polar surface area (TPSA) is 92.5 Å². The highest BCUT2D eigenvalue weighted by Crippen LogP contribution is 2.39. The fourth-order valence-electron chi connectivity index (χ4n) is 2.85. The lowest BCUT2D eigenvalue weighted by Gasteiger charge is -2.28. The molecule has 2 atom stereocenters. The van der Waals surface area contributed by atoms with E-state index in [9.17, 15) is 14.4 Å². The molecule has 1 aromatic rings. The Morgan fingerprint density at radius 1 is 1.32 bits per heavy atom. The van der Waals surface area contributed by atoms with Gasteiger partial charge in [-0.05, 0) is 19.3 Å². The maximum Gasteiger partial charge on any atom is 0.325 e. The highest BCUT2D eigenvalue weighted by Gasteiger charge is 2.46. The Bertz CT molecular complexity index is 543. The molecule has 1 aliphatic heterocycles. The SMILES string of the molecule is O=C(O)Cn1cc(N2C(=O)C3CCC(C3)C2=O)cn1. The summed E-state index contributed by atoms with van der Waals surface area (Å²) in [6, 6.07) is 0. The molecule has 3 rings (SSSR count). The predicted molar refractivity (Wildman–Crippen MR) is 63.2 cm³/mol. The van der Waals surface area contributed by atoms with E-state index in [1.165, 1.54) is 17.1 Å². The number of anilines is 1. The molecule has 2 unspecified atom stereocenters. The van der Waals surface area contributed by atoms with Crippen molar-refractivity contribution in [3.8, 4) is 0 Å². The van der Waals surface area contributed by atoms with E-state index in [0.29, 0.717) is 12.1 Å². The molecule has 0 spiro atoms. The number of fused-ring (bicyclic) bond motifs is 2. The van der Waals surface area contributed by atoms with Gasteiger partial charge in [-0.25, -0.2) is 4.90 Å². The summed E-state index contributed by atoms with van der Waals surface area (Å²) in [5.41, 5.74) is 0.368. The first-order valence-corrected chi connectivity index (χ1v) is 6.18. The van der Waals surface area contributed by atoms with Crippen LogP contribution in [-0.2, 0) is 20.9 Å². The van der Waals surface area contributed by atoms with Gasteiger partial charge >= 0.3 is 5.97 Å². The van der Waals surface area contributed by atoms with Crippen molar-refractivity contribution in [2.24, 2.45) is 11.8 Å². The zero-order valence-electron chi connectivity index (χ0n) is 10.2. The molecule has 1 aromatic heterocycles. The van der Waals surface area contributed by atoms with Gasteiger partial charge in [0.05, 0.1) is 11.9 Å². The van der Waals surface area contributed by atoms with Crippen LogP contribution in [0.5, 0.6) is 0 Å². The van der Waals surface area contributed by atoms with E-state index < -0.39 is 5.97 Å². The molecule has 2 aliphatic rings. The molecule has 100 valence electrons. The average molecular weight is 263 g/mol. The molecule has 0 aromatic carbocycles. The summed E-state index contributed by atoms with van der Waals surface area (Å²) in [6.07, 6.45) is 4.96. The summed E-state index contributed by atoms with van der Waals surface area (Å²) in [6.45, 7) is -0.289. The first-order valence-electron chi connectivity index (χ1n) is 6.18. The zero-order valence-corrected chi connectivity index (χ0v) is 10.2. The van der Waals surface area contributed by atoms with Gasteiger partial charge in [0, 0.05) is 18.0 Å². The number of hydrogen-bond donors (Lipinski definition) is 1. The Morgan fingerprint density at radius 3 is 2.53 bits per heavy atom. The maximum atomic E-state index is 12.2. The van der Waals surface area contributed by atoms with Crippen molar-refractivity contribution in [3.05, 3.63) is 12.4 Å². The first-order chi connectivity index (χ1) is 9.06. The molecule has 2 heterocycles. The molecule has 7 heteroatoms. The van der Waals surface area contributed by atoms with Crippen LogP contribution in [0.2, 0.25) is 0 Å². The van der Waals surface area contributed by atoms with Gasteiger partial charge in [0.2, 0.25) is 11.8 Å². The Balaban J connectivity index is 1.88. The highest BCUT2D eigenvalue weighted by molar-refractivity contribution is 6.18. The summed E-state index contributed by atoms with van der Waals surface area (Å²) < 4.78 is 1.20. The molecule has 2 bridgehead atoms. The largest absolute Gasteiger partial charge is 0.480 e. The standard InChI is InChI=1S/C12H13N3O4/c16-10(17)6-14-5-9(4-13-14)15-11(18)7-1-2-8(3-7)12(15)19/h4-5,7-8H,1-3,6H2,(H,16,17). The Morgan fingerprint density at radius 2 is 1.95 bits per heavy atom. The third-order valence-electron chi connectivity index (χ3n) is 3.75. The van der Waals surface area contributed by atoms with Gasteiger partial charge < -0.3 is 5.11 Å². The van der Waals surface area contributed by atoms with Crippen LogP contribution in [0, 0.1) is 11.8 Å². The summed E-state index contributed by atoms with van der Waals surface area (Å²) in [5.74, 6) is -1.55. The third-order valence-corrected chi connectivity index (χ3v) is 3.75. The molecule has 19 heavy (non-hydrogen) atoms. The Kier molecular flexibility index (Phi) is 2.62. The van der Waals surface area contributed by atoms with Gasteiger partial charge in [0.1, 0.15) is 6.54 Å². The fourth-order valence-corrected chi connectivity index (χ4v) is 2.85. The predicted octanol–water partition coefficient (Wildman–Crippen LogP) is 0.257. The van der Waals surface area contributed by atoms with Gasteiger partial charge in [-0.3, -0.25) is 19.1 Å². The summed E-state index contributed by atoms with van der Waals surface area (Å²) in [4.78, 5) is 36.1. The highest BCUT2D eigenvalue weighted by atomic mass is 16.4. The quantitative estimate of drug-likeness (QED) is 0.789. The first kappa shape index (κ1) is 11.9. The van der Waals surface area contributed by atoms with Gasteiger partial charge in [0.25, 0.3) is 0 Å². The summed E-state index contributed by atoms with van der Waals surface area (Å²) >= 11 is 0. The molecule has 0 radical (unpaired) electrons. The smallest absolute Gasteiger partial charge is 0.325 e. The maximum absolute atomic E-state index is 12.2. The van der Waals surface area contributed by atoms with Crippen LogP contribution in [0.4, 0.5) is 5.69 Å². The summed E-state index contributed by atoms with van der Waals surface area (Å²) in [5, 5.41) is 12.5. The molecule has 2 amide bonds. The molecule has 1 N–H and O–H groups in total. The van der Waals surface area contributed by atoms with E-state index >= 15 is 0 Å². The number of imide groups is 1. The molecule has 7 nitrogen and oxygen atoms in total. The Labute approximate surface area is 108 Å². The van der Waals surface area contributed by atoms with Crippen molar-refractivity contribution in [2.45, 2.75) is 25.8 Å². The van der Waals surface area contributed by atoms with Crippen molar-refractivity contribution >= 4 is 23.5 Å². The minimum Gasteiger partial charge on any atom is -0.480 e. The van der Waals surface area contributed by atoms with Gasteiger partial charge in [-0.15, -0.1) is 0 Å². The fraction of sp³-hybridized carbons (Fsp3) is 0.500. The van der Waals surface area contributed by atoms with Crippen molar-refractivity contribution in [1.82, 2.24) is 9.78 Å². The normalized spacial score (nSPS) is 26.0.